The van der Waals surface area contributed by atoms with Crippen molar-refractivity contribution >= 4 is 11.1 Å². The average molecular weight is 230 g/mol. The second-order valence-corrected chi connectivity index (χ2v) is 4.98. The molecule has 0 spiro atoms. The van der Waals surface area contributed by atoms with Gasteiger partial charge in [-0.25, -0.2) is 4.98 Å². The van der Waals surface area contributed by atoms with Crippen molar-refractivity contribution in [2.24, 2.45) is 5.73 Å². The number of aryl methyl sites for hydroxylation is 1. The molecule has 1 aliphatic rings. The Morgan fingerprint density at radius 3 is 3.00 bits per heavy atom. The maximum atomic E-state index is 5.93. The highest BCUT2D eigenvalue weighted by molar-refractivity contribution is 5.73. The van der Waals surface area contributed by atoms with E-state index in [9.17, 15) is 0 Å². The van der Waals surface area contributed by atoms with Gasteiger partial charge in [0.1, 0.15) is 5.52 Å². The lowest BCUT2D eigenvalue weighted by molar-refractivity contribution is 0.471. The Morgan fingerprint density at radius 1 is 1.41 bits per heavy atom. The predicted molar refractivity (Wildman–Crippen MR) is 68.0 cm³/mol. The zero-order valence-corrected chi connectivity index (χ0v) is 10.1. The molecule has 0 radical (unpaired) electrons. The summed E-state index contributed by atoms with van der Waals surface area (Å²) < 4.78 is 5.83. The van der Waals surface area contributed by atoms with E-state index in [0.717, 1.165) is 42.7 Å². The van der Waals surface area contributed by atoms with Gasteiger partial charge in [-0.1, -0.05) is 13.0 Å². The third-order valence-electron chi connectivity index (χ3n) is 3.70. The molecule has 0 amide bonds. The third-order valence-corrected chi connectivity index (χ3v) is 3.70. The van der Waals surface area contributed by atoms with E-state index >= 15 is 0 Å². The summed E-state index contributed by atoms with van der Waals surface area (Å²) in [4.78, 5) is 4.62. The van der Waals surface area contributed by atoms with E-state index in [1.165, 1.54) is 5.56 Å². The topological polar surface area (TPSA) is 52.0 Å². The monoisotopic (exact) mass is 230 g/mol. The smallest absolute Gasteiger partial charge is 0.198 e. The first-order valence-corrected chi connectivity index (χ1v) is 6.41. The Labute approximate surface area is 101 Å². The van der Waals surface area contributed by atoms with Crippen molar-refractivity contribution in [3.8, 4) is 0 Å². The molecule has 1 heterocycles. The molecule has 2 atom stereocenters. The molecule has 1 saturated carbocycles. The second kappa shape index (κ2) is 4.15. The first kappa shape index (κ1) is 10.8. The van der Waals surface area contributed by atoms with Crippen LogP contribution in [-0.2, 0) is 6.42 Å². The molecule has 1 aliphatic carbocycles. The van der Waals surface area contributed by atoms with Gasteiger partial charge >= 0.3 is 0 Å². The molecule has 1 aromatic carbocycles. The lowest BCUT2D eigenvalue weighted by Crippen LogP contribution is -2.14. The van der Waals surface area contributed by atoms with Crippen LogP contribution in [-0.4, -0.2) is 11.0 Å². The van der Waals surface area contributed by atoms with Gasteiger partial charge in [0.25, 0.3) is 0 Å². The molecule has 0 bridgehead atoms. The molecule has 2 N–H and O–H groups in total. The Hall–Kier alpha value is -1.35. The van der Waals surface area contributed by atoms with Crippen LogP contribution in [0.3, 0.4) is 0 Å². The van der Waals surface area contributed by atoms with Crippen molar-refractivity contribution < 1.29 is 4.42 Å². The van der Waals surface area contributed by atoms with E-state index < -0.39 is 0 Å². The number of aromatic nitrogens is 1. The van der Waals surface area contributed by atoms with Gasteiger partial charge in [0.15, 0.2) is 11.5 Å². The first-order valence-electron chi connectivity index (χ1n) is 6.41. The minimum atomic E-state index is 0.321. The number of fused-ring (bicyclic) bond motifs is 1. The number of hydrogen-bond acceptors (Lipinski definition) is 3. The normalized spacial score (nSPS) is 24.6. The summed E-state index contributed by atoms with van der Waals surface area (Å²) in [6.45, 7) is 2.15. The van der Waals surface area contributed by atoms with E-state index in [1.54, 1.807) is 0 Å². The van der Waals surface area contributed by atoms with Gasteiger partial charge < -0.3 is 10.2 Å². The number of oxazole rings is 1. The number of rotatable bonds is 2. The van der Waals surface area contributed by atoms with Gasteiger partial charge in [-0.2, -0.15) is 0 Å². The number of nitrogens with zero attached hydrogens (tertiary/aromatic N) is 1. The molecular formula is C14H18N2O. The number of benzene rings is 1. The fourth-order valence-corrected chi connectivity index (χ4v) is 2.63. The molecule has 0 saturated heterocycles. The molecule has 0 aliphatic heterocycles. The summed E-state index contributed by atoms with van der Waals surface area (Å²) in [5.41, 5.74) is 9.13. The summed E-state index contributed by atoms with van der Waals surface area (Å²) in [7, 11) is 0. The molecule has 90 valence electrons. The first-order chi connectivity index (χ1) is 8.26. The zero-order valence-electron chi connectivity index (χ0n) is 10.1. The van der Waals surface area contributed by atoms with Crippen molar-refractivity contribution in [2.45, 2.75) is 44.6 Å². The van der Waals surface area contributed by atoms with E-state index in [4.69, 9.17) is 10.2 Å². The average Bonchev–Trinajstić information content (AvgIpc) is 2.93. The highest BCUT2D eigenvalue weighted by Crippen LogP contribution is 2.34. The van der Waals surface area contributed by atoms with Crippen LogP contribution < -0.4 is 5.73 Å². The molecular weight excluding hydrogens is 212 g/mol. The predicted octanol–water partition coefficient (Wildman–Crippen LogP) is 2.99. The number of hydrogen-bond donors (Lipinski definition) is 1. The Kier molecular flexibility index (Phi) is 2.63. The van der Waals surface area contributed by atoms with E-state index in [0.29, 0.717) is 12.0 Å². The molecule has 2 unspecified atom stereocenters. The molecule has 1 aromatic heterocycles. The van der Waals surface area contributed by atoms with Gasteiger partial charge in [-0.3, -0.25) is 0 Å². The SMILES string of the molecule is CCc1ccc2oc(C3CCC(N)C3)nc2c1. The fourth-order valence-electron chi connectivity index (χ4n) is 2.63. The summed E-state index contributed by atoms with van der Waals surface area (Å²) >= 11 is 0. The van der Waals surface area contributed by atoms with Crippen molar-refractivity contribution in [3.05, 3.63) is 29.7 Å². The van der Waals surface area contributed by atoms with Crippen LogP contribution >= 0.6 is 0 Å². The number of nitrogens with two attached hydrogens (primary N) is 1. The fraction of sp³-hybridized carbons (Fsp3) is 0.500. The summed E-state index contributed by atoms with van der Waals surface area (Å²) in [6.07, 6.45) is 4.23. The lowest BCUT2D eigenvalue weighted by atomic mass is 10.1. The van der Waals surface area contributed by atoms with Crippen molar-refractivity contribution in [3.63, 3.8) is 0 Å². The van der Waals surface area contributed by atoms with Crippen LogP contribution in [0.1, 0.15) is 43.6 Å². The minimum Gasteiger partial charge on any atom is -0.440 e. The molecule has 3 heteroatoms. The van der Waals surface area contributed by atoms with Crippen molar-refractivity contribution in [1.29, 1.82) is 0 Å². The zero-order chi connectivity index (χ0) is 11.8. The van der Waals surface area contributed by atoms with E-state index in [-0.39, 0.29) is 0 Å². The molecule has 2 aromatic rings. The van der Waals surface area contributed by atoms with Crippen molar-refractivity contribution in [1.82, 2.24) is 4.98 Å². The molecule has 3 rings (SSSR count). The molecule has 1 fully saturated rings. The largest absolute Gasteiger partial charge is 0.440 e. The highest BCUT2D eigenvalue weighted by Gasteiger charge is 2.27. The Bertz CT molecular complexity index is 532. The lowest BCUT2D eigenvalue weighted by Gasteiger charge is -2.02. The standard InChI is InChI=1S/C14H18N2O/c1-2-9-3-6-13-12(7-9)16-14(17-13)10-4-5-11(15)8-10/h3,6-7,10-11H,2,4-5,8,15H2,1H3. The van der Waals surface area contributed by atoms with Crippen LogP contribution in [0, 0.1) is 0 Å². The van der Waals surface area contributed by atoms with Crippen LogP contribution in [0.15, 0.2) is 22.6 Å². The van der Waals surface area contributed by atoms with Gasteiger partial charge in [0.05, 0.1) is 0 Å². The van der Waals surface area contributed by atoms with Gasteiger partial charge in [-0.05, 0) is 43.4 Å². The second-order valence-electron chi connectivity index (χ2n) is 4.98. The van der Waals surface area contributed by atoms with E-state index in [2.05, 4.69) is 24.0 Å². The van der Waals surface area contributed by atoms with Gasteiger partial charge in [0, 0.05) is 12.0 Å². The summed E-state index contributed by atoms with van der Waals surface area (Å²) in [5, 5.41) is 0. The quantitative estimate of drug-likeness (QED) is 0.862. The van der Waals surface area contributed by atoms with Crippen LogP contribution in [0.5, 0.6) is 0 Å². The summed E-state index contributed by atoms with van der Waals surface area (Å²) in [5.74, 6) is 1.30. The maximum absolute atomic E-state index is 5.93. The van der Waals surface area contributed by atoms with Crippen LogP contribution in [0.25, 0.3) is 11.1 Å². The molecule has 3 nitrogen and oxygen atoms in total. The summed E-state index contributed by atoms with van der Waals surface area (Å²) in [6, 6.07) is 6.58. The maximum Gasteiger partial charge on any atom is 0.198 e. The van der Waals surface area contributed by atoms with Gasteiger partial charge in [-0.15, -0.1) is 0 Å². The Morgan fingerprint density at radius 2 is 2.29 bits per heavy atom. The van der Waals surface area contributed by atoms with Crippen LogP contribution in [0.2, 0.25) is 0 Å². The molecule has 17 heavy (non-hydrogen) atoms. The van der Waals surface area contributed by atoms with E-state index in [1.807, 2.05) is 6.07 Å². The minimum absolute atomic E-state index is 0.321. The van der Waals surface area contributed by atoms with Crippen LogP contribution in [0.4, 0.5) is 0 Å². The van der Waals surface area contributed by atoms with Gasteiger partial charge in [0.2, 0.25) is 0 Å². The Balaban J connectivity index is 1.96. The third kappa shape index (κ3) is 1.95. The van der Waals surface area contributed by atoms with Crippen molar-refractivity contribution in [2.75, 3.05) is 0 Å². The highest BCUT2D eigenvalue weighted by atomic mass is 16.3.